The van der Waals surface area contributed by atoms with Crippen LogP contribution in [0.1, 0.15) is 16.8 Å². The molecule has 0 fully saturated rings. The summed E-state index contributed by atoms with van der Waals surface area (Å²) >= 11 is 1.61. The van der Waals surface area contributed by atoms with Crippen LogP contribution in [0.4, 0.5) is 5.69 Å². The van der Waals surface area contributed by atoms with E-state index in [0.29, 0.717) is 34.9 Å². The highest BCUT2D eigenvalue weighted by Gasteiger charge is 2.23. The zero-order chi connectivity index (χ0) is 19.9. The van der Waals surface area contributed by atoms with Crippen molar-refractivity contribution in [3.63, 3.8) is 0 Å². The number of amides is 2. The monoisotopic (exact) mass is 402 g/mol. The first-order valence-corrected chi connectivity index (χ1v) is 10.1. The summed E-state index contributed by atoms with van der Waals surface area (Å²) < 4.78 is 15.8. The Labute approximate surface area is 167 Å². The molecule has 0 saturated carbocycles. The van der Waals surface area contributed by atoms with Gasteiger partial charge in [-0.25, -0.2) is 0 Å². The minimum absolute atomic E-state index is 0.165. The largest absolute Gasteiger partial charge is 0.496 e. The number of anilines is 1. The fourth-order valence-corrected chi connectivity index (χ4v) is 3.25. The zero-order valence-electron chi connectivity index (χ0n) is 15.7. The Morgan fingerprint density at radius 1 is 1.18 bits per heavy atom. The lowest BCUT2D eigenvalue weighted by atomic mass is 10.1. The summed E-state index contributed by atoms with van der Waals surface area (Å²) in [6.07, 6.45) is 2.45. The van der Waals surface area contributed by atoms with Crippen LogP contribution in [0.5, 0.6) is 17.2 Å². The van der Waals surface area contributed by atoms with Crippen LogP contribution >= 0.6 is 11.8 Å². The van der Waals surface area contributed by atoms with Gasteiger partial charge in [0.05, 0.1) is 12.7 Å². The molecule has 148 valence electrons. The fourth-order valence-electron chi connectivity index (χ4n) is 2.78. The molecule has 1 aliphatic heterocycles. The average molecular weight is 402 g/mol. The maximum Gasteiger partial charge on any atom is 0.255 e. The zero-order valence-corrected chi connectivity index (χ0v) is 16.5. The van der Waals surface area contributed by atoms with Crippen LogP contribution < -0.4 is 24.8 Å². The smallest absolute Gasteiger partial charge is 0.255 e. The summed E-state index contributed by atoms with van der Waals surface area (Å²) in [5.74, 6) is 1.75. The number of hydrogen-bond donors (Lipinski definition) is 2. The first-order valence-electron chi connectivity index (χ1n) is 8.75. The van der Waals surface area contributed by atoms with Crippen molar-refractivity contribution in [2.24, 2.45) is 0 Å². The van der Waals surface area contributed by atoms with Gasteiger partial charge in [0.25, 0.3) is 5.91 Å². The summed E-state index contributed by atoms with van der Waals surface area (Å²) in [7, 11) is 1.50. The number of fused-ring (bicyclic) bond motifs is 1. The lowest BCUT2D eigenvalue weighted by Crippen LogP contribution is -2.44. The molecule has 2 amide bonds. The fraction of sp³-hybridized carbons (Fsp3) is 0.300. The molecule has 0 aliphatic carbocycles. The number of carbonyl (C=O) groups is 2. The molecule has 0 bridgehead atoms. The van der Waals surface area contributed by atoms with Crippen LogP contribution in [-0.4, -0.2) is 43.8 Å². The summed E-state index contributed by atoms with van der Waals surface area (Å²) in [5.41, 5.74) is 0.963. The molecular weight excluding hydrogens is 380 g/mol. The topological polar surface area (TPSA) is 85.9 Å². The Kier molecular flexibility index (Phi) is 6.65. The second kappa shape index (κ2) is 9.36. The van der Waals surface area contributed by atoms with Crippen LogP contribution in [0, 0.1) is 0 Å². The van der Waals surface area contributed by atoms with Gasteiger partial charge in [-0.2, -0.15) is 11.8 Å². The second-order valence-electron chi connectivity index (χ2n) is 6.07. The Morgan fingerprint density at radius 2 is 1.96 bits per heavy atom. The third kappa shape index (κ3) is 4.69. The van der Waals surface area contributed by atoms with Gasteiger partial charge in [0, 0.05) is 11.8 Å². The van der Waals surface area contributed by atoms with E-state index in [1.807, 2.05) is 6.26 Å². The molecule has 28 heavy (non-hydrogen) atoms. The quantitative estimate of drug-likeness (QED) is 0.706. The van der Waals surface area contributed by atoms with Crippen LogP contribution in [-0.2, 0) is 4.79 Å². The van der Waals surface area contributed by atoms with Crippen LogP contribution in [0.25, 0.3) is 0 Å². The third-order valence-electron chi connectivity index (χ3n) is 4.22. The molecule has 8 heteroatoms. The van der Waals surface area contributed by atoms with Crippen molar-refractivity contribution >= 4 is 29.3 Å². The number of hydrogen-bond acceptors (Lipinski definition) is 6. The van der Waals surface area contributed by atoms with Crippen LogP contribution in [0.15, 0.2) is 42.5 Å². The summed E-state index contributed by atoms with van der Waals surface area (Å²) in [5, 5.41) is 5.65. The van der Waals surface area contributed by atoms with E-state index in [1.54, 1.807) is 54.2 Å². The number of nitrogens with one attached hydrogen (secondary N) is 2. The van der Waals surface area contributed by atoms with Gasteiger partial charge in [-0.3, -0.25) is 9.59 Å². The van der Waals surface area contributed by atoms with E-state index in [1.165, 1.54) is 7.11 Å². The molecule has 0 spiro atoms. The van der Waals surface area contributed by atoms with Gasteiger partial charge in [-0.05, 0) is 42.7 Å². The molecule has 2 aromatic rings. The van der Waals surface area contributed by atoms with Crippen LogP contribution in [0.3, 0.4) is 0 Å². The van der Waals surface area contributed by atoms with E-state index in [0.717, 1.165) is 5.75 Å². The summed E-state index contributed by atoms with van der Waals surface area (Å²) in [4.78, 5) is 25.5. The van der Waals surface area contributed by atoms with E-state index < -0.39 is 6.04 Å². The standard InChI is InChI=1S/C20H22N2O5S/c1-25-16-6-4-3-5-14(16)19(23)22-15(9-10-28-2)20(24)21-13-7-8-17-18(11-13)27-12-26-17/h3-8,11,15H,9-10,12H2,1-2H3,(H,21,24)(H,22,23)/t15-/m0/s1. The normalized spacial score (nSPS) is 12.9. The van der Waals surface area contributed by atoms with Crippen molar-refractivity contribution < 1.29 is 23.8 Å². The number of thioether (sulfide) groups is 1. The predicted octanol–water partition coefficient (Wildman–Crippen LogP) is 2.91. The van der Waals surface area contributed by atoms with E-state index >= 15 is 0 Å². The Bertz CT molecular complexity index is 858. The number of ether oxygens (including phenoxy) is 3. The third-order valence-corrected chi connectivity index (χ3v) is 4.87. The van der Waals surface area contributed by atoms with Crippen molar-refractivity contribution in [3.05, 3.63) is 48.0 Å². The molecule has 2 N–H and O–H groups in total. The molecule has 0 unspecified atom stereocenters. The van der Waals surface area contributed by atoms with Gasteiger partial charge in [0.2, 0.25) is 12.7 Å². The first-order chi connectivity index (χ1) is 13.6. The van der Waals surface area contributed by atoms with Crippen molar-refractivity contribution in [2.75, 3.05) is 31.2 Å². The van der Waals surface area contributed by atoms with Crippen molar-refractivity contribution in [1.82, 2.24) is 5.32 Å². The molecule has 1 aliphatic rings. The molecule has 1 atom stereocenters. The molecule has 7 nitrogen and oxygen atoms in total. The highest BCUT2D eigenvalue weighted by molar-refractivity contribution is 7.98. The van der Waals surface area contributed by atoms with Gasteiger partial charge in [-0.15, -0.1) is 0 Å². The Balaban J connectivity index is 1.71. The van der Waals surface area contributed by atoms with Crippen LogP contribution in [0.2, 0.25) is 0 Å². The Hall–Kier alpha value is -2.87. The molecule has 2 aromatic carbocycles. The number of carbonyl (C=O) groups excluding carboxylic acids is 2. The molecule has 1 heterocycles. The van der Waals surface area contributed by atoms with Gasteiger partial charge in [-0.1, -0.05) is 12.1 Å². The van der Waals surface area contributed by atoms with E-state index in [9.17, 15) is 9.59 Å². The Morgan fingerprint density at radius 3 is 2.75 bits per heavy atom. The highest BCUT2D eigenvalue weighted by Crippen LogP contribution is 2.34. The van der Waals surface area contributed by atoms with Crippen molar-refractivity contribution in [3.8, 4) is 17.2 Å². The molecule has 3 rings (SSSR count). The summed E-state index contributed by atoms with van der Waals surface area (Å²) in [6, 6.07) is 11.4. The second-order valence-corrected chi connectivity index (χ2v) is 7.05. The molecular formula is C20H22N2O5S. The maximum absolute atomic E-state index is 12.8. The molecule has 0 aromatic heterocycles. The molecule has 0 radical (unpaired) electrons. The van der Waals surface area contributed by atoms with Gasteiger partial charge >= 0.3 is 0 Å². The minimum atomic E-state index is -0.685. The molecule has 0 saturated heterocycles. The van der Waals surface area contributed by atoms with Gasteiger partial charge in [0.1, 0.15) is 11.8 Å². The van der Waals surface area contributed by atoms with E-state index in [2.05, 4.69) is 10.6 Å². The number of methoxy groups -OCH3 is 1. The van der Waals surface area contributed by atoms with Gasteiger partial charge < -0.3 is 24.8 Å². The van der Waals surface area contributed by atoms with Gasteiger partial charge in [0.15, 0.2) is 11.5 Å². The lowest BCUT2D eigenvalue weighted by molar-refractivity contribution is -0.118. The van der Waals surface area contributed by atoms with Crippen molar-refractivity contribution in [2.45, 2.75) is 12.5 Å². The lowest BCUT2D eigenvalue weighted by Gasteiger charge is -2.19. The summed E-state index contributed by atoms with van der Waals surface area (Å²) in [6.45, 7) is 0.165. The van der Waals surface area contributed by atoms with Crippen molar-refractivity contribution in [1.29, 1.82) is 0 Å². The number of para-hydroxylation sites is 1. The number of rotatable bonds is 8. The maximum atomic E-state index is 12.8. The minimum Gasteiger partial charge on any atom is -0.496 e. The average Bonchev–Trinajstić information content (AvgIpc) is 3.18. The SMILES string of the molecule is COc1ccccc1C(=O)N[C@@H](CCSC)C(=O)Nc1ccc2c(c1)OCO2. The predicted molar refractivity (Wildman–Crippen MR) is 108 cm³/mol. The first kappa shape index (κ1) is 19.9. The number of benzene rings is 2. The highest BCUT2D eigenvalue weighted by atomic mass is 32.2. The van der Waals surface area contributed by atoms with E-state index in [-0.39, 0.29) is 18.6 Å². The van der Waals surface area contributed by atoms with E-state index in [4.69, 9.17) is 14.2 Å².